The van der Waals surface area contributed by atoms with Gasteiger partial charge in [0, 0.05) is 34.1 Å². The number of thiazole rings is 1. The molecule has 5 nitrogen and oxygen atoms in total. The number of nitrogens with zero attached hydrogens (tertiary/aromatic N) is 2. The van der Waals surface area contributed by atoms with E-state index in [0.29, 0.717) is 18.3 Å². The van der Waals surface area contributed by atoms with Crippen molar-refractivity contribution in [2.45, 2.75) is 13.8 Å². The van der Waals surface area contributed by atoms with E-state index in [1.165, 1.54) is 11.3 Å². The predicted molar refractivity (Wildman–Crippen MR) is 99.0 cm³/mol. The molecule has 1 aromatic carbocycles. The summed E-state index contributed by atoms with van der Waals surface area (Å²) in [7, 11) is 0. The lowest BCUT2D eigenvalue weighted by Gasteiger charge is -2.20. The third kappa shape index (κ3) is 2.72. The summed E-state index contributed by atoms with van der Waals surface area (Å²) in [6.07, 6.45) is 0. The first-order chi connectivity index (χ1) is 11.1. The van der Waals surface area contributed by atoms with Crippen LogP contribution in [0.25, 0.3) is 16.9 Å². The van der Waals surface area contributed by atoms with E-state index in [4.69, 9.17) is 15.2 Å². The topological polar surface area (TPSA) is 62.3 Å². The minimum atomic E-state index is 0. The second-order valence-electron chi connectivity index (χ2n) is 5.52. The van der Waals surface area contributed by atoms with Gasteiger partial charge in [0.2, 0.25) is 0 Å². The maximum absolute atomic E-state index is 5.77. The number of anilines is 1. The van der Waals surface area contributed by atoms with Crippen LogP contribution in [-0.4, -0.2) is 22.8 Å². The Morgan fingerprint density at radius 3 is 2.58 bits per heavy atom. The van der Waals surface area contributed by atoms with Gasteiger partial charge in [0.15, 0.2) is 16.6 Å². The third-order valence-electron chi connectivity index (χ3n) is 4.01. The summed E-state index contributed by atoms with van der Waals surface area (Å²) < 4.78 is 13.5. The number of hydrogen-bond donors (Lipinski definition) is 1. The molecule has 3 heterocycles. The predicted octanol–water partition coefficient (Wildman–Crippen LogP) is 3.99. The van der Waals surface area contributed by atoms with Crippen molar-refractivity contribution in [3.05, 3.63) is 41.0 Å². The number of benzene rings is 1. The minimum Gasteiger partial charge on any atom is -0.486 e. The van der Waals surface area contributed by atoms with Gasteiger partial charge in [0.1, 0.15) is 13.2 Å². The first-order valence-corrected chi connectivity index (χ1v) is 8.32. The Morgan fingerprint density at radius 1 is 1.12 bits per heavy atom. The Morgan fingerprint density at radius 2 is 1.88 bits per heavy atom. The maximum Gasteiger partial charge on any atom is 0.180 e. The number of aromatic nitrogens is 2. The zero-order valence-electron chi connectivity index (χ0n) is 13.4. The lowest BCUT2D eigenvalue weighted by Crippen LogP contribution is -2.15. The normalized spacial score (nSPS) is 12.8. The molecule has 0 aliphatic carbocycles. The van der Waals surface area contributed by atoms with E-state index >= 15 is 0 Å². The quantitative estimate of drug-likeness (QED) is 0.747. The van der Waals surface area contributed by atoms with Crippen molar-refractivity contribution in [2.75, 3.05) is 18.9 Å². The van der Waals surface area contributed by atoms with Crippen molar-refractivity contribution in [3.8, 4) is 28.4 Å². The Bertz CT molecular complexity index is 888. The molecular formula is C17H18ClN3O2S. The van der Waals surface area contributed by atoms with E-state index in [-0.39, 0.29) is 12.4 Å². The molecule has 0 saturated carbocycles. The van der Waals surface area contributed by atoms with Gasteiger partial charge in [-0.1, -0.05) is 0 Å². The Labute approximate surface area is 150 Å². The number of nitrogen functional groups attached to an aromatic ring is 1. The molecule has 0 radical (unpaired) electrons. The zero-order valence-corrected chi connectivity index (χ0v) is 15.0. The summed E-state index contributed by atoms with van der Waals surface area (Å²) in [6, 6.07) is 8.17. The Hall–Kier alpha value is -2.18. The van der Waals surface area contributed by atoms with Crippen LogP contribution in [0.3, 0.4) is 0 Å². The molecule has 24 heavy (non-hydrogen) atoms. The molecule has 4 rings (SSSR count). The maximum atomic E-state index is 5.77. The molecule has 0 saturated heterocycles. The van der Waals surface area contributed by atoms with E-state index in [9.17, 15) is 0 Å². The van der Waals surface area contributed by atoms with E-state index in [1.54, 1.807) is 0 Å². The average Bonchev–Trinajstić information content (AvgIpc) is 3.10. The van der Waals surface area contributed by atoms with Gasteiger partial charge in [-0.3, -0.25) is 0 Å². The fourth-order valence-corrected chi connectivity index (χ4v) is 3.56. The van der Waals surface area contributed by atoms with Crippen LogP contribution in [0.15, 0.2) is 29.6 Å². The highest BCUT2D eigenvalue weighted by Gasteiger charge is 2.17. The van der Waals surface area contributed by atoms with E-state index in [0.717, 1.165) is 39.8 Å². The number of fused-ring (bicyclic) bond motifs is 1. The molecular weight excluding hydrogens is 346 g/mol. The van der Waals surface area contributed by atoms with Crippen molar-refractivity contribution < 1.29 is 9.47 Å². The number of rotatable bonds is 2. The lowest BCUT2D eigenvalue weighted by atomic mass is 10.2. The summed E-state index contributed by atoms with van der Waals surface area (Å²) in [5, 5.41) is 2.58. The van der Waals surface area contributed by atoms with Crippen LogP contribution in [0.4, 0.5) is 5.13 Å². The minimum absolute atomic E-state index is 0. The van der Waals surface area contributed by atoms with Crippen LogP contribution in [-0.2, 0) is 0 Å². The van der Waals surface area contributed by atoms with Crippen molar-refractivity contribution in [2.24, 2.45) is 0 Å². The van der Waals surface area contributed by atoms with Gasteiger partial charge in [0.25, 0.3) is 0 Å². The van der Waals surface area contributed by atoms with Crippen LogP contribution in [0, 0.1) is 13.8 Å². The van der Waals surface area contributed by atoms with E-state index in [2.05, 4.69) is 29.5 Å². The van der Waals surface area contributed by atoms with Gasteiger partial charge in [-0.15, -0.1) is 23.7 Å². The molecule has 0 bridgehead atoms. The van der Waals surface area contributed by atoms with E-state index in [1.807, 2.05) is 23.6 Å². The molecule has 126 valence electrons. The zero-order chi connectivity index (χ0) is 16.0. The van der Waals surface area contributed by atoms with Crippen molar-refractivity contribution >= 4 is 28.9 Å². The third-order valence-corrected chi connectivity index (χ3v) is 4.69. The second kappa shape index (κ2) is 6.37. The van der Waals surface area contributed by atoms with Crippen molar-refractivity contribution in [1.82, 2.24) is 9.55 Å². The van der Waals surface area contributed by atoms with Gasteiger partial charge in [-0.05, 0) is 32.0 Å². The van der Waals surface area contributed by atoms with Gasteiger partial charge in [-0.25, -0.2) is 4.98 Å². The molecule has 0 amide bonds. The van der Waals surface area contributed by atoms with Gasteiger partial charge < -0.3 is 19.8 Å². The first-order valence-electron chi connectivity index (χ1n) is 7.44. The number of hydrogen-bond acceptors (Lipinski definition) is 5. The summed E-state index contributed by atoms with van der Waals surface area (Å²) in [4.78, 5) is 4.40. The number of nitrogens with two attached hydrogens (primary N) is 1. The number of ether oxygens (including phenoxy) is 2. The lowest BCUT2D eigenvalue weighted by molar-refractivity contribution is 0.171. The molecule has 3 aromatic rings. The fourth-order valence-electron chi connectivity index (χ4n) is 3.00. The molecule has 2 aromatic heterocycles. The highest BCUT2D eigenvalue weighted by Crippen LogP contribution is 2.35. The second-order valence-corrected chi connectivity index (χ2v) is 6.41. The highest BCUT2D eigenvalue weighted by molar-refractivity contribution is 7.13. The standard InChI is InChI=1S/C17H17N3O2S.ClH/c1-10-7-13(14-9-23-17(18)19-14)11(2)20(10)12-3-4-15-16(8-12)22-6-5-21-15;/h3-4,7-9H,5-6H2,1-2H3,(H2,18,19);1H. The molecule has 2 N–H and O–H groups in total. The molecule has 1 aliphatic heterocycles. The van der Waals surface area contributed by atoms with Crippen molar-refractivity contribution in [1.29, 1.82) is 0 Å². The summed E-state index contributed by atoms with van der Waals surface area (Å²) in [5.74, 6) is 1.59. The summed E-state index contributed by atoms with van der Waals surface area (Å²) in [5.41, 5.74) is 11.1. The molecule has 0 spiro atoms. The largest absolute Gasteiger partial charge is 0.486 e. The van der Waals surface area contributed by atoms with E-state index < -0.39 is 0 Å². The van der Waals surface area contributed by atoms with Gasteiger partial charge in [0.05, 0.1) is 5.69 Å². The van der Waals surface area contributed by atoms with Crippen LogP contribution < -0.4 is 15.2 Å². The van der Waals surface area contributed by atoms with Crippen LogP contribution in [0.1, 0.15) is 11.4 Å². The molecule has 0 atom stereocenters. The summed E-state index contributed by atoms with van der Waals surface area (Å²) >= 11 is 1.46. The van der Waals surface area contributed by atoms with Crippen molar-refractivity contribution in [3.63, 3.8) is 0 Å². The molecule has 0 unspecified atom stereocenters. The Balaban J connectivity index is 0.00000169. The molecule has 1 aliphatic rings. The average molecular weight is 364 g/mol. The van der Waals surface area contributed by atoms with Crippen LogP contribution in [0.2, 0.25) is 0 Å². The smallest absolute Gasteiger partial charge is 0.180 e. The number of halogens is 1. The fraction of sp³-hybridized carbons (Fsp3) is 0.235. The molecule has 7 heteroatoms. The Kier molecular flexibility index (Phi) is 4.43. The first kappa shape index (κ1) is 16.7. The number of aryl methyl sites for hydroxylation is 1. The van der Waals surface area contributed by atoms with Gasteiger partial charge >= 0.3 is 0 Å². The molecule has 0 fully saturated rings. The summed E-state index contributed by atoms with van der Waals surface area (Å²) in [6.45, 7) is 5.37. The SMILES string of the molecule is Cc1cc(-c2csc(N)n2)c(C)n1-c1ccc2c(c1)OCCO2.Cl. The van der Waals surface area contributed by atoms with Crippen LogP contribution >= 0.6 is 23.7 Å². The highest BCUT2D eigenvalue weighted by atomic mass is 35.5. The monoisotopic (exact) mass is 363 g/mol. The van der Waals surface area contributed by atoms with Gasteiger partial charge in [-0.2, -0.15) is 0 Å². The van der Waals surface area contributed by atoms with Crippen LogP contribution in [0.5, 0.6) is 11.5 Å².